The first-order valence-corrected chi connectivity index (χ1v) is 9.53. The molecule has 3 rings (SSSR count). The number of nitrogens with one attached hydrogen (secondary N) is 1. The van der Waals surface area contributed by atoms with Gasteiger partial charge in [-0.2, -0.15) is 0 Å². The summed E-state index contributed by atoms with van der Waals surface area (Å²) >= 11 is 0. The van der Waals surface area contributed by atoms with Gasteiger partial charge in [-0.1, -0.05) is 30.9 Å². The average Bonchev–Trinajstić information content (AvgIpc) is 3.39. The summed E-state index contributed by atoms with van der Waals surface area (Å²) in [5.74, 6) is 0.244. The van der Waals surface area contributed by atoms with Crippen molar-refractivity contribution in [2.24, 2.45) is 0 Å². The summed E-state index contributed by atoms with van der Waals surface area (Å²) in [6, 6.07) is 1.38. The highest BCUT2D eigenvalue weighted by Crippen LogP contribution is 2.33. The third kappa shape index (κ3) is 4.84. The highest BCUT2D eigenvalue weighted by Gasteiger charge is 2.35. The highest BCUT2D eigenvalue weighted by atomic mass is 16.2. The maximum atomic E-state index is 12.3. The summed E-state index contributed by atoms with van der Waals surface area (Å²) in [7, 11) is 0. The van der Waals surface area contributed by atoms with E-state index in [4.69, 9.17) is 0 Å². The molecule has 0 atom stereocenters. The van der Waals surface area contributed by atoms with Crippen molar-refractivity contribution in [1.29, 1.82) is 0 Å². The van der Waals surface area contributed by atoms with E-state index in [1.807, 2.05) is 0 Å². The molecule has 0 saturated heterocycles. The third-order valence-electron chi connectivity index (χ3n) is 5.54. The summed E-state index contributed by atoms with van der Waals surface area (Å²) in [6.07, 6.45) is 17.9. The van der Waals surface area contributed by atoms with Gasteiger partial charge in [-0.25, -0.2) is 0 Å². The van der Waals surface area contributed by atoms with Crippen molar-refractivity contribution in [3.05, 3.63) is 11.6 Å². The van der Waals surface area contributed by atoms with Crippen LogP contribution in [0.15, 0.2) is 11.6 Å². The second-order valence-electron chi connectivity index (χ2n) is 7.40. The summed E-state index contributed by atoms with van der Waals surface area (Å²) in [5.41, 5.74) is 1.55. The number of hydrogen-bond donors (Lipinski definition) is 1. The van der Waals surface area contributed by atoms with Gasteiger partial charge in [-0.05, 0) is 57.8 Å². The van der Waals surface area contributed by atoms with E-state index < -0.39 is 0 Å². The Kier molecular flexibility index (Phi) is 5.94. The lowest BCUT2D eigenvalue weighted by atomic mass is 9.94. The molecular formula is C19H32N2O. The number of rotatable bonds is 7. The fourth-order valence-electron chi connectivity index (χ4n) is 4.09. The molecule has 3 aliphatic carbocycles. The van der Waals surface area contributed by atoms with E-state index in [1.54, 1.807) is 5.57 Å². The van der Waals surface area contributed by atoms with E-state index >= 15 is 0 Å². The lowest BCUT2D eigenvalue weighted by molar-refractivity contribution is -0.123. The van der Waals surface area contributed by atoms with E-state index in [1.165, 1.54) is 70.6 Å². The Morgan fingerprint density at radius 2 is 1.82 bits per heavy atom. The molecule has 0 heterocycles. The van der Waals surface area contributed by atoms with E-state index in [9.17, 15) is 4.79 Å². The average molecular weight is 304 g/mol. The number of hydrogen-bond acceptors (Lipinski definition) is 2. The largest absolute Gasteiger partial charge is 0.355 e. The van der Waals surface area contributed by atoms with Gasteiger partial charge < -0.3 is 5.32 Å². The first-order chi connectivity index (χ1) is 10.8. The Hall–Kier alpha value is -0.830. The second kappa shape index (κ2) is 8.14. The molecule has 2 saturated carbocycles. The molecule has 124 valence electrons. The standard InChI is InChI=1S/C19H32N2O/c22-19(20-14-13-16-7-3-1-4-8-16)15-21(18-11-12-18)17-9-5-2-6-10-17/h7,17-18H,1-6,8-15H2,(H,20,22). The Morgan fingerprint density at radius 3 is 2.50 bits per heavy atom. The summed E-state index contributed by atoms with van der Waals surface area (Å²) < 4.78 is 0. The first-order valence-electron chi connectivity index (χ1n) is 9.53. The normalized spacial score (nSPS) is 23.4. The number of carbonyl (C=O) groups excluding carboxylic acids is 1. The van der Waals surface area contributed by atoms with Gasteiger partial charge in [0.1, 0.15) is 0 Å². The monoisotopic (exact) mass is 304 g/mol. The Labute approximate surface area is 135 Å². The number of allylic oxidation sites excluding steroid dienone is 1. The predicted molar refractivity (Wildman–Crippen MR) is 90.8 cm³/mol. The number of amides is 1. The van der Waals surface area contributed by atoms with E-state index in [0.29, 0.717) is 18.6 Å². The lowest BCUT2D eigenvalue weighted by Gasteiger charge is -2.34. The van der Waals surface area contributed by atoms with Gasteiger partial charge >= 0.3 is 0 Å². The van der Waals surface area contributed by atoms with Crippen LogP contribution in [-0.2, 0) is 4.79 Å². The molecule has 0 spiro atoms. The smallest absolute Gasteiger partial charge is 0.234 e. The molecular weight excluding hydrogens is 272 g/mol. The number of nitrogens with zero attached hydrogens (tertiary/aromatic N) is 1. The molecule has 3 nitrogen and oxygen atoms in total. The molecule has 0 unspecified atom stereocenters. The molecule has 0 aromatic rings. The van der Waals surface area contributed by atoms with Crippen molar-refractivity contribution in [1.82, 2.24) is 10.2 Å². The second-order valence-corrected chi connectivity index (χ2v) is 7.40. The quantitative estimate of drug-likeness (QED) is 0.726. The van der Waals surface area contributed by atoms with Crippen molar-refractivity contribution in [2.45, 2.75) is 89.1 Å². The van der Waals surface area contributed by atoms with Crippen LogP contribution in [-0.4, -0.2) is 36.0 Å². The van der Waals surface area contributed by atoms with E-state index in [-0.39, 0.29) is 5.91 Å². The van der Waals surface area contributed by atoms with Gasteiger partial charge in [-0.3, -0.25) is 9.69 Å². The van der Waals surface area contributed by atoms with Crippen LogP contribution in [0.5, 0.6) is 0 Å². The van der Waals surface area contributed by atoms with E-state index in [0.717, 1.165) is 13.0 Å². The number of carbonyl (C=O) groups is 1. The minimum Gasteiger partial charge on any atom is -0.355 e. The molecule has 0 aromatic heterocycles. The van der Waals surface area contributed by atoms with Crippen molar-refractivity contribution in [3.63, 3.8) is 0 Å². The van der Waals surface area contributed by atoms with Crippen molar-refractivity contribution < 1.29 is 4.79 Å². The minimum atomic E-state index is 0.244. The molecule has 2 fully saturated rings. The van der Waals surface area contributed by atoms with Crippen molar-refractivity contribution in [2.75, 3.05) is 13.1 Å². The molecule has 0 aromatic carbocycles. The Balaban J connectivity index is 1.40. The maximum Gasteiger partial charge on any atom is 0.234 e. The fourth-order valence-corrected chi connectivity index (χ4v) is 4.09. The zero-order chi connectivity index (χ0) is 15.2. The van der Waals surface area contributed by atoms with Crippen LogP contribution in [0.3, 0.4) is 0 Å². The van der Waals surface area contributed by atoms with Crippen LogP contribution in [0.1, 0.15) is 77.0 Å². The Bertz CT molecular complexity index is 394. The van der Waals surface area contributed by atoms with Gasteiger partial charge in [0, 0.05) is 18.6 Å². The summed E-state index contributed by atoms with van der Waals surface area (Å²) in [5, 5.41) is 3.16. The van der Waals surface area contributed by atoms with Crippen LogP contribution in [0.2, 0.25) is 0 Å². The fraction of sp³-hybridized carbons (Fsp3) is 0.842. The third-order valence-corrected chi connectivity index (χ3v) is 5.54. The predicted octanol–water partition coefficient (Wildman–Crippen LogP) is 3.79. The van der Waals surface area contributed by atoms with Crippen LogP contribution in [0, 0.1) is 0 Å². The molecule has 0 radical (unpaired) electrons. The van der Waals surface area contributed by atoms with Crippen molar-refractivity contribution in [3.8, 4) is 0 Å². The molecule has 0 aliphatic heterocycles. The molecule has 0 bridgehead atoms. The molecule has 3 heteroatoms. The van der Waals surface area contributed by atoms with Gasteiger partial charge in [0.15, 0.2) is 0 Å². The minimum absolute atomic E-state index is 0.244. The first kappa shape index (κ1) is 16.0. The Morgan fingerprint density at radius 1 is 1.05 bits per heavy atom. The van der Waals surface area contributed by atoms with Crippen LogP contribution < -0.4 is 5.32 Å². The molecule has 1 amide bonds. The van der Waals surface area contributed by atoms with Gasteiger partial charge in [0.25, 0.3) is 0 Å². The van der Waals surface area contributed by atoms with E-state index in [2.05, 4.69) is 16.3 Å². The van der Waals surface area contributed by atoms with Gasteiger partial charge in [-0.15, -0.1) is 0 Å². The summed E-state index contributed by atoms with van der Waals surface area (Å²) in [6.45, 7) is 1.46. The molecule has 22 heavy (non-hydrogen) atoms. The van der Waals surface area contributed by atoms with Crippen LogP contribution in [0.25, 0.3) is 0 Å². The SMILES string of the molecule is O=C(CN(C1CCCCC1)C1CC1)NCCC1=CCCCC1. The zero-order valence-electron chi connectivity index (χ0n) is 14.0. The topological polar surface area (TPSA) is 32.3 Å². The molecule has 3 aliphatic rings. The highest BCUT2D eigenvalue weighted by molar-refractivity contribution is 5.78. The van der Waals surface area contributed by atoms with Crippen LogP contribution >= 0.6 is 0 Å². The van der Waals surface area contributed by atoms with Gasteiger partial charge in [0.2, 0.25) is 5.91 Å². The summed E-state index contributed by atoms with van der Waals surface area (Å²) in [4.78, 5) is 14.8. The lowest BCUT2D eigenvalue weighted by Crippen LogP contribution is -2.45. The maximum absolute atomic E-state index is 12.3. The van der Waals surface area contributed by atoms with Crippen molar-refractivity contribution >= 4 is 5.91 Å². The zero-order valence-corrected chi connectivity index (χ0v) is 14.0. The van der Waals surface area contributed by atoms with Crippen LogP contribution in [0.4, 0.5) is 0 Å². The van der Waals surface area contributed by atoms with Gasteiger partial charge in [0.05, 0.1) is 6.54 Å². The molecule has 1 N–H and O–H groups in total.